The second kappa shape index (κ2) is 6.48. The molecule has 2 fully saturated rings. The fourth-order valence-corrected chi connectivity index (χ4v) is 4.19. The van der Waals surface area contributed by atoms with Crippen LogP contribution < -0.4 is 15.4 Å². The van der Waals surface area contributed by atoms with Crippen LogP contribution in [0.2, 0.25) is 0 Å². The molecule has 3 heteroatoms. The molecule has 0 amide bonds. The minimum atomic E-state index is 0.456. The van der Waals surface area contributed by atoms with E-state index < -0.39 is 0 Å². The van der Waals surface area contributed by atoms with Gasteiger partial charge >= 0.3 is 0 Å². The minimum absolute atomic E-state index is 0.456. The van der Waals surface area contributed by atoms with Crippen molar-refractivity contribution in [2.75, 3.05) is 18.0 Å². The van der Waals surface area contributed by atoms with Crippen molar-refractivity contribution in [3.63, 3.8) is 0 Å². The highest BCUT2D eigenvalue weighted by atomic mass is 16.5. The molecule has 0 unspecified atom stereocenters. The van der Waals surface area contributed by atoms with Crippen LogP contribution in [0.3, 0.4) is 0 Å². The Kier molecular flexibility index (Phi) is 4.19. The zero-order valence-electron chi connectivity index (χ0n) is 14.2. The molecule has 1 saturated heterocycles. The molecule has 0 bridgehead atoms. The monoisotopic (exact) mass is 322 g/mol. The van der Waals surface area contributed by atoms with E-state index in [4.69, 9.17) is 10.5 Å². The fourth-order valence-electron chi connectivity index (χ4n) is 4.19. The van der Waals surface area contributed by atoms with Gasteiger partial charge in [0.15, 0.2) is 0 Å². The molecule has 3 nitrogen and oxygen atoms in total. The molecule has 2 aromatic rings. The molecule has 2 N–H and O–H groups in total. The standard InChI is InChI=1S/C21H26N2O/c22-18-14-21(15-18)10-12-23(13-11-21)19-6-8-20(9-7-19)24-16-17-4-2-1-3-5-17/h1-9,18H,10-16,22H2. The van der Waals surface area contributed by atoms with Crippen LogP contribution in [0.25, 0.3) is 0 Å². The normalized spacial score (nSPS) is 20.0. The number of hydrogen-bond acceptors (Lipinski definition) is 3. The van der Waals surface area contributed by atoms with E-state index >= 15 is 0 Å². The van der Waals surface area contributed by atoms with Gasteiger partial charge in [-0.25, -0.2) is 0 Å². The Balaban J connectivity index is 1.31. The first-order valence-corrected chi connectivity index (χ1v) is 9.00. The largest absolute Gasteiger partial charge is 0.489 e. The van der Waals surface area contributed by atoms with Gasteiger partial charge in [-0.1, -0.05) is 30.3 Å². The molecule has 24 heavy (non-hydrogen) atoms. The number of rotatable bonds is 4. The van der Waals surface area contributed by atoms with Gasteiger partial charge < -0.3 is 15.4 Å². The Bertz CT molecular complexity index is 652. The maximum atomic E-state index is 5.99. The van der Waals surface area contributed by atoms with Crippen molar-refractivity contribution >= 4 is 5.69 Å². The van der Waals surface area contributed by atoms with Crippen LogP contribution in [0.5, 0.6) is 5.75 Å². The van der Waals surface area contributed by atoms with E-state index in [0.29, 0.717) is 18.1 Å². The summed E-state index contributed by atoms with van der Waals surface area (Å²) < 4.78 is 5.87. The summed E-state index contributed by atoms with van der Waals surface area (Å²) in [7, 11) is 0. The van der Waals surface area contributed by atoms with Crippen molar-refractivity contribution in [3.8, 4) is 5.75 Å². The van der Waals surface area contributed by atoms with Gasteiger partial charge in [-0.3, -0.25) is 0 Å². The molecular weight excluding hydrogens is 296 g/mol. The smallest absolute Gasteiger partial charge is 0.119 e. The van der Waals surface area contributed by atoms with Crippen LogP contribution >= 0.6 is 0 Å². The van der Waals surface area contributed by atoms with Gasteiger partial charge in [0.1, 0.15) is 12.4 Å². The summed E-state index contributed by atoms with van der Waals surface area (Å²) in [6, 6.07) is 19.3. The maximum absolute atomic E-state index is 5.99. The Morgan fingerprint density at radius 2 is 1.62 bits per heavy atom. The van der Waals surface area contributed by atoms with Crippen LogP contribution in [-0.4, -0.2) is 19.1 Å². The van der Waals surface area contributed by atoms with Crippen molar-refractivity contribution in [1.29, 1.82) is 0 Å². The zero-order valence-corrected chi connectivity index (χ0v) is 14.2. The first-order chi connectivity index (χ1) is 11.7. The van der Waals surface area contributed by atoms with E-state index in [-0.39, 0.29) is 0 Å². The molecule has 0 aromatic heterocycles. The van der Waals surface area contributed by atoms with Gasteiger partial charge in [0.25, 0.3) is 0 Å². The Labute approximate surface area is 144 Å². The highest BCUT2D eigenvalue weighted by molar-refractivity contribution is 5.49. The molecule has 126 valence electrons. The summed E-state index contributed by atoms with van der Waals surface area (Å²) in [6.45, 7) is 2.92. The summed E-state index contributed by atoms with van der Waals surface area (Å²) in [4.78, 5) is 2.50. The van der Waals surface area contributed by atoms with Gasteiger partial charge in [0.2, 0.25) is 0 Å². The molecule has 0 radical (unpaired) electrons. The topological polar surface area (TPSA) is 38.5 Å². The number of piperidine rings is 1. The highest BCUT2D eigenvalue weighted by Crippen LogP contribution is 2.48. The Morgan fingerprint density at radius 1 is 0.958 bits per heavy atom. The summed E-state index contributed by atoms with van der Waals surface area (Å²) in [5, 5.41) is 0. The molecular formula is C21H26N2O. The van der Waals surface area contributed by atoms with Gasteiger partial charge in [-0.05, 0) is 60.9 Å². The van der Waals surface area contributed by atoms with E-state index in [2.05, 4.69) is 41.3 Å². The fraction of sp³-hybridized carbons (Fsp3) is 0.429. The molecule has 2 aromatic carbocycles. The number of benzene rings is 2. The van der Waals surface area contributed by atoms with Crippen molar-refractivity contribution in [2.45, 2.75) is 38.3 Å². The first kappa shape index (κ1) is 15.5. The third kappa shape index (κ3) is 3.27. The van der Waals surface area contributed by atoms with Crippen LogP contribution in [-0.2, 0) is 6.61 Å². The van der Waals surface area contributed by atoms with Gasteiger partial charge in [0.05, 0.1) is 0 Å². The van der Waals surface area contributed by atoms with Gasteiger partial charge in [-0.15, -0.1) is 0 Å². The number of nitrogens with zero attached hydrogens (tertiary/aromatic N) is 1. The lowest BCUT2D eigenvalue weighted by atomic mass is 9.61. The van der Waals surface area contributed by atoms with Crippen molar-refractivity contribution in [3.05, 3.63) is 60.2 Å². The highest BCUT2D eigenvalue weighted by Gasteiger charge is 2.44. The lowest BCUT2D eigenvalue weighted by Gasteiger charge is -2.51. The second-order valence-electron chi connectivity index (χ2n) is 7.42. The average Bonchev–Trinajstić information content (AvgIpc) is 2.61. The molecule has 4 rings (SSSR count). The third-order valence-electron chi connectivity index (χ3n) is 5.66. The Morgan fingerprint density at radius 3 is 2.25 bits per heavy atom. The lowest BCUT2D eigenvalue weighted by molar-refractivity contribution is 0.0713. The molecule has 0 atom stereocenters. The third-order valence-corrected chi connectivity index (χ3v) is 5.66. The van der Waals surface area contributed by atoms with E-state index in [1.807, 2.05) is 18.2 Å². The van der Waals surface area contributed by atoms with Crippen molar-refractivity contribution < 1.29 is 4.74 Å². The molecule has 1 spiro atoms. The number of ether oxygens (including phenoxy) is 1. The Hall–Kier alpha value is -2.00. The quantitative estimate of drug-likeness (QED) is 0.925. The summed E-state index contributed by atoms with van der Waals surface area (Å²) in [6.07, 6.45) is 5.03. The summed E-state index contributed by atoms with van der Waals surface area (Å²) in [5.41, 5.74) is 9.06. The minimum Gasteiger partial charge on any atom is -0.489 e. The molecule has 2 aliphatic rings. The van der Waals surface area contributed by atoms with E-state index in [0.717, 1.165) is 18.8 Å². The van der Waals surface area contributed by atoms with Crippen LogP contribution in [0, 0.1) is 5.41 Å². The molecule has 1 aliphatic carbocycles. The van der Waals surface area contributed by atoms with E-state index in [1.54, 1.807) is 0 Å². The SMILES string of the molecule is NC1CC2(CCN(c3ccc(OCc4ccccc4)cc3)CC2)C1. The first-order valence-electron chi connectivity index (χ1n) is 9.00. The van der Waals surface area contributed by atoms with E-state index in [9.17, 15) is 0 Å². The zero-order chi connectivity index (χ0) is 16.4. The van der Waals surface area contributed by atoms with Gasteiger partial charge in [-0.2, -0.15) is 0 Å². The number of hydrogen-bond donors (Lipinski definition) is 1. The van der Waals surface area contributed by atoms with Crippen LogP contribution in [0.1, 0.15) is 31.2 Å². The van der Waals surface area contributed by atoms with Crippen molar-refractivity contribution in [2.24, 2.45) is 11.1 Å². The summed E-state index contributed by atoms with van der Waals surface area (Å²) >= 11 is 0. The molecule has 1 saturated carbocycles. The van der Waals surface area contributed by atoms with Gasteiger partial charge in [0, 0.05) is 24.8 Å². The predicted octanol–water partition coefficient (Wildman–Crippen LogP) is 3.97. The second-order valence-corrected chi connectivity index (χ2v) is 7.42. The number of nitrogens with two attached hydrogens (primary N) is 1. The van der Waals surface area contributed by atoms with Crippen LogP contribution in [0.15, 0.2) is 54.6 Å². The summed E-state index contributed by atoms with van der Waals surface area (Å²) in [5.74, 6) is 0.932. The molecule has 1 heterocycles. The van der Waals surface area contributed by atoms with Crippen LogP contribution in [0.4, 0.5) is 5.69 Å². The number of anilines is 1. The van der Waals surface area contributed by atoms with Crippen molar-refractivity contribution in [1.82, 2.24) is 0 Å². The maximum Gasteiger partial charge on any atom is 0.119 e. The lowest BCUT2D eigenvalue weighted by Crippen LogP contribution is -2.52. The molecule has 1 aliphatic heterocycles. The van der Waals surface area contributed by atoms with E-state index in [1.165, 1.54) is 36.9 Å². The average molecular weight is 322 g/mol. The predicted molar refractivity (Wildman–Crippen MR) is 98.3 cm³/mol.